The van der Waals surface area contributed by atoms with Crippen molar-refractivity contribution >= 4 is 5.96 Å². The first-order chi connectivity index (χ1) is 11.6. The van der Waals surface area contributed by atoms with Crippen molar-refractivity contribution in [3.05, 3.63) is 42.8 Å². The van der Waals surface area contributed by atoms with E-state index >= 15 is 0 Å². The monoisotopic (exact) mass is 330 g/mol. The maximum atomic E-state index is 4.57. The van der Waals surface area contributed by atoms with Crippen molar-refractivity contribution in [1.82, 2.24) is 35.2 Å². The van der Waals surface area contributed by atoms with E-state index in [-0.39, 0.29) is 0 Å². The van der Waals surface area contributed by atoms with Crippen LogP contribution < -0.4 is 10.6 Å². The highest BCUT2D eigenvalue weighted by atomic mass is 15.3. The van der Waals surface area contributed by atoms with Crippen molar-refractivity contribution in [2.75, 3.05) is 6.54 Å². The lowest BCUT2D eigenvalue weighted by molar-refractivity contribution is 0.526. The summed E-state index contributed by atoms with van der Waals surface area (Å²) in [6.45, 7) is 12.5. The van der Waals surface area contributed by atoms with Crippen molar-refractivity contribution in [2.24, 2.45) is 4.99 Å². The second-order valence-corrected chi connectivity index (χ2v) is 5.60. The van der Waals surface area contributed by atoms with Crippen molar-refractivity contribution in [3.8, 4) is 0 Å². The SMILES string of the molecule is C=CCNC(=NCc1ccn(C(C)C)n1)NCc1nncn1CC. The van der Waals surface area contributed by atoms with Crippen LogP contribution in [0, 0.1) is 0 Å². The van der Waals surface area contributed by atoms with Crippen LogP contribution in [0.2, 0.25) is 0 Å². The predicted octanol–water partition coefficient (Wildman–Crippen LogP) is 1.50. The van der Waals surface area contributed by atoms with E-state index in [9.17, 15) is 0 Å². The Kier molecular flexibility index (Phi) is 6.53. The first-order valence-corrected chi connectivity index (χ1v) is 8.17. The van der Waals surface area contributed by atoms with E-state index in [1.807, 2.05) is 21.5 Å². The number of aryl methyl sites for hydroxylation is 1. The third-order valence-electron chi connectivity index (χ3n) is 3.46. The standard InChI is InChI=1S/C16H26N8/c1-5-8-17-16(19-11-15-21-20-12-23(15)6-2)18-10-14-7-9-24(22-14)13(3)4/h5,7,9,12-13H,1,6,8,10-11H2,2-4H3,(H2,17,18,19). The molecule has 0 aliphatic carbocycles. The average Bonchev–Trinajstić information content (AvgIpc) is 3.23. The minimum atomic E-state index is 0.347. The van der Waals surface area contributed by atoms with E-state index in [0.29, 0.717) is 31.6 Å². The van der Waals surface area contributed by atoms with E-state index < -0.39 is 0 Å². The van der Waals surface area contributed by atoms with Crippen LogP contribution >= 0.6 is 0 Å². The molecule has 130 valence electrons. The Labute approximate surface area is 142 Å². The lowest BCUT2D eigenvalue weighted by atomic mass is 10.4. The molecule has 0 saturated carbocycles. The van der Waals surface area contributed by atoms with Crippen LogP contribution in [-0.2, 0) is 19.6 Å². The maximum Gasteiger partial charge on any atom is 0.192 e. The molecular weight excluding hydrogens is 304 g/mol. The first-order valence-electron chi connectivity index (χ1n) is 8.17. The van der Waals surface area contributed by atoms with Gasteiger partial charge in [0.15, 0.2) is 11.8 Å². The molecule has 0 spiro atoms. The van der Waals surface area contributed by atoms with Gasteiger partial charge in [-0.15, -0.1) is 16.8 Å². The topological polar surface area (TPSA) is 84.9 Å². The van der Waals surface area contributed by atoms with E-state index in [1.165, 1.54) is 0 Å². The molecular formula is C16H26N8. The Balaban J connectivity index is 1.99. The summed E-state index contributed by atoms with van der Waals surface area (Å²) in [4.78, 5) is 4.57. The lowest BCUT2D eigenvalue weighted by Gasteiger charge is -2.11. The minimum absolute atomic E-state index is 0.347. The van der Waals surface area contributed by atoms with Gasteiger partial charge in [-0.1, -0.05) is 6.08 Å². The Bertz CT molecular complexity index is 667. The highest BCUT2D eigenvalue weighted by Crippen LogP contribution is 2.05. The minimum Gasteiger partial charge on any atom is -0.353 e. The van der Waals surface area contributed by atoms with Crippen molar-refractivity contribution in [1.29, 1.82) is 0 Å². The molecule has 0 fully saturated rings. The summed E-state index contributed by atoms with van der Waals surface area (Å²) < 4.78 is 3.92. The Hall–Kier alpha value is -2.64. The maximum absolute atomic E-state index is 4.57. The number of hydrogen-bond donors (Lipinski definition) is 2. The van der Waals surface area contributed by atoms with Crippen molar-refractivity contribution < 1.29 is 0 Å². The van der Waals surface area contributed by atoms with Gasteiger partial charge in [-0.3, -0.25) is 4.68 Å². The number of rotatable bonds is 8. The van der Waals surface area contributed by atoms with Gasteiger partial charge in [-0.05, 0) is 26.8 Å². The fourth-order valence-corrected chi connectivity index (χ4v) is 2.10. The summed E-state index contributed by atoms with van der Waals surface area (Å²) in [5.74, 6) is 1.56. The molecule has 2 heterocycles. The van der Waals surface area contributed by atoms with Crippen molar-refractivity contribution in [3.63, 3.8) is 0 Å². The van der Waals surface area contributed by atoms with Crippen LogP contribution in [0.3, 0.4) is 0 Å². The summed E-state index contributed by atoms with van der Waals surface area (Å²) in [7, 11) is 0. The quantitative estimate of drug-likeness (QED) is 0.435. The highest BCUT2D eigenvalue weighted by molar-refractivity contribution is 5.79. The molecule has 0 aliphatic rings. The predicted molar refractivity (Wildman–Crippen MR) is 94.5 cm³/mol. The second kappa shape index (κ2) is 8.85. The average molecular weight is 330 g/mol. The van der Waals surface area contributed by atoms with Crippen LogP contribution in [-0.4, -0.2) is 37.0 Å². The molecule has 2 aromatic rings. The molecule has 0 bridgehead atoms. The van der Waals surface area contributed by atoms with Crippen LogP contribution in [0.15, 0.2) is 36.2 Å². The Morgan fingerprint density at radius 3 is 2.92 bits per heavy atom. The molecule has 0 amide bonds. The van der Waals surface area contributed by atoms with E-state index in [0.717, 1.165) is 18.1 Å². The van der Waals surface area contributed by atoms with Gasteiger partial charge in [0.1, 0.15) is 6.33 Å². The summed E-state index contributed by atoms with van der Waals surface area (Å²) in [5.41, 5.74) is 0.931. The molecule has 0 radical (unpaired) electrons. The summed E-state index contributed by atoms with van der Waals surface area (Å²) >= 11 is 0. The number of aliphatic imine (C=N–C) groups is 1. The fourth-order valence-electron chi connectivity index (χ4n) is 2.10. The molecule has 24 heavy (non-hydrogen) atoms. The normalized spacial score (nSPS) is 11.8. The fraction of sp³-hybridized carbons (Fsp3) is 0.500. The first kappa shape index (κ1) is 17.7. The number of guanidine groups is 1. The molecule has 0 unspecified atom stereocenters. The van der Waals surface area contributed by atoms with Gasteiger partial charge in [-0.2, -0.15) is 5.10 Å². The van der Waals surface area contributed by atoms with Crippen molar-refractivity contribution in [2.45, 2.75) is 46.4 Å². The number of aromatic nitrogens is 5. The third-order valence-corrected chi connectivity index (χ3v) is 3.46. The summed E-state index contributed by atoms with van der Waals surface area (Å²) in [6, 6.07) is 2.34. The molecule has 2 N–H and O–H groups in total. The van der Waals surface area contributed by atoms with Gasteiger partial charge in [0.2, 0.25) is 0 Å². The molecule has 0 atom stereocenters. The third kappa shape index (κ3) is 4.94. The Morgan fingerprint density at radius 1 is 1.42 bits per heavy atom. The van der Waals surface area contributed by atoms with E-state index in [2.05, 4.69) is 58.3 Å². The van der Waals surface area contributed by atoms with Gasteiger partial charge in [0.25, 0.3) is 0 Å². The molecule has 8 heteroatoms. The van der Waals surface area contributed by atoms with Crippen LogP contribution in [0.5, 0.6) is 0 Å². The number of nitrogens with zero attached hydrogens (tertiary/aromatic N) is 6. The highest BCUT2D eigenvalue weighted by Gasteiger charge is 2.05. The smallest absolute Gasteiger partial charge is 0.192 e. The largest absolute Gasteiger partial charge is 0.353 e. The zero-order chi connectivity index (χ0) is 17.4. The lowest BCUT2D eigenvalue weighted by Crippen LogP contribution is -2.37. The molecule has 0 aliphatic heterocycles. The van der Waals surface area contributed by atoms with Gasteiger partial charge >= 0.3 is 0 Å². The molecule has 0 aromatic carbocycles. The molecule has 8 nitrogen and oxygen atoms in total. The van der Waals surface area contributed by atoms with Gasteiger partial charge < -0.3 is 15.2 Å². The molecule has 2 rings (SSSR count). The molecule has 0 saturated heterocycles. The van der Waals surface area contributed by atoms with E-state index in [1.54, 1.807) is 12.4 Å². The number of hydrogen-bond acceptors (Lipinski definition) is 4. The second-order valence-electron chi connectivity index (χ2n) is 5.60. The zero-order valence-corrected chi connectivity index (χ0v) is 14.6. The zero-order valence-electron chi connectivity index (χ0n) is 14.6. The van der Waals surface area contributed by atoms with Gasteiger partial charge in [-0.25, -0.2) is 4.99 Å². The van der Waals surface area contributed by atoms with Crippen LogP contribution in [0.1, 0.15) is 38.3 Å². The Morgan fingerprint density at radius 2 is 2.25 bits per heavy atom. The van der Waals surface area contributed by atoms with Gasteiger partial charge in [0, 0.05) is 25.3 Å². The van der Waals surface area contributed by atoms with Crippen LogP contribution in [0.25, 0.3) is 0 Å². The molecule has 2 aromatic heterocycles. The van der Waals surface area contributed by atoms with Gasteiger partial charge in [0.05, 0.1) is 18.8 Å². The van der Waals surface area contributed by atoms with Crippen LogP contribution in [0.4, 0.5) is 0 Å². The number of nitrogens with one attached hydrogen (secondary N) is 2. The summed E-state index contributed by atoms with van der Waals surface area (Å²) in [5, 5.41) is 19.0. The summed E-state index contributed by atoms with van der Waals surface area (Å²) in [6.07, 6.45) is 5.49. The van der Waals surface area contributed by atoms with E-state index in [4.69, 9.17) is 0 Å².